The fourth-order valence-corrected chi connectivity index (χ4v) is 3.86. The maximum Gasteiger partial charge on any atom is 0.257 e. The highest BCUT2D eigenvalue weighted by atomic mass is 32.2. The van der Waals surface area contributed by atoms with Gasteiger partial charge in [-0.15, -0.1) is 0 Å². The van der Waals surface area contributed by atoms with Gasteiger partial charge in [-0.2, -0.15) is 0 Å². The lowest BCUT2D eigenvalue weighted by molar-refractivity contribution is 0.0531. The molecule has 0 aromatic heterocycles. The Morgan fingerprint density at radius 3 is 2.27 bits per heavy atom. The minimum Gasteiger partial charge on any atom is -0.496 e. The second-order valence-corrected chi connectivity index (χ2v) is 7.83. The number of carbonyl (C=O) groups excluding carboxylic acids is 2. The van der Waals surface area contributed by atoms with Gasteiger partial charge in [-0.1, -0.05) is 31.0 Å². The van der Waals surface area contributed by atoms with E-state index in [1.54, 1.807) is 47.1 Å². The molecule has 8 heteroatoms. The molecule has 0 bridgehead atoms. The molecule has 0 spiro atoms. The second-order valence-electron chi connectivity index (χ2n) is 6.93. The zero-order valence-electron chi connectivity index (χ0n) is 17.2. The van der Waals surface area contributed by atoms with Crippen molar-refractivity contribution in [2.75, 3.05) is 43.8 Å². The summed E-state index contributed by atoms with van der Waals surface area (Å²) in [5.74, 6) is 0.470. The summed E-state index contributed by atoms with van der Waals surface area (Å²) >= 11 is 1.60. The molecule has 0 saturated carbocycles. The summed E-state index contributed by atoms with van der Waals surface area (Å²) in [5.41, 5.74) is 1.42. The van der Waals surface area contributed by atoms with Gasteiger partial charge in [-0.25, -0.2) is 4.39 Å². The van der Waals surface area contributed by atoms with Crippen LogP contribution in [0.15, 0.2) is 42.5 Å². The van der Waals surface area contributed by atoms with Crippen LogP contribution in [0.2, 0.25) is 0 Å². The quantitative estimate of drug-likeness (QED) is 0.532. The molecule has 6 nitrogen and oxygen atoms in total. The molecule has 2 aromatic carbocycles. The number of rotatable bonds is 7. The van der Waals surface area contributed by atoms with Crippen molar-refractivity contribution in [1.29, 1.82) is 0 Å². The van der Waals surface area contributed by atoms with Crippen LogP contribution in [0.1, 0.15) is 34.1 Å². The Balaban J connectivity index is 1.63. The van der Waals surface area contributed by atoms with E-state index < -0.39 is 5.82 Å². The highest BCUT2D eigenvalue weighted by Crippen LogP contribution is 2.26. The van der Waals surface area contributed by atoms with Gasteiger partial charge in [0.15, 0.2) is 0 Å². The summed E-state index contributed by atoms with van der Waals surface area (Å²) in [6, 6.07) is 11.4. The van der Waals surface area contributed by atoms with E-state index in [-0.39, 0.29) is 17.4 Å². The Bertz CT molecular complexity index is 901. The van der Waals surface area contributed by atoms with Crippen molar-refractivity contribution in [2.24, 2.45) is 0 Å². The lowest BCUT2D eigenvalue weighted by Gasteiger charge is -2.35. The smallest absolute Gasteiger partial charge is 0.257 e. The van der Waals surface area contributed by atoms with Gasteiger partial charge in [0.1, 0.15) is 11.6 Å². The van der Waals surface area contributed by atoms with Gasteiger partial charge in [0.25, 0.3) is 11.8 Å². The molecule has 3 rings (SSSR count). The Hall–Kier alpha value is -2.74. The number of benzene rings is 2. The van der Waals surface area contributed by atoms with E-state index in [1.807, 2.05) is 12.1 Å². The van der Waals surface area contributed by atoms with Gasteiger partial charge in [0.2, 0.25) is 0 Å². The Morgan fingerprint density at radius 2 is 1.67 bits per heavy atom. The maximum atomic E-state index is 13.9. The average molecular weight is 432 g/mol. The van der Waals surface area contributed by atoms with E-state index in [9.17, 15) is 14.0 Å². The normalized spacial score (nSPS) is 13.8. The molecule has 1 fully saturated rings. The van der Waals surface area contributed by atoms with E-state index in [2.05, 4.69) is 11.6 Å². The lowest BCUT2D eigenvalue weighted by atomic mass is 10.1. The van der Waals surface area contributed by atoms with Crippen LogP contribution in [0.5, 0.6) is 5.75 Å². The highest BCUT2D eigenvalue weighted by molar-refractivity contribution is 8.00. The zero-order valence-corrected chi connectivity index (χ0v) is 18.0. The Labute approximate surface area is 180 Å². The van der Waals surface area contributed by atoms with Crippen LogP contribution < -0.4 is 9.46 Å². The van der Waals surface area contributed by atoms with Crippen LogP contribution in [0.4, 0.5) is 10.1 Å². The number of nitrogens with zero attached hydrogens (tertiary/aromatic N) is 2. The van der Waals surface area contributed by atoms with Gasteiger partial charge in [0.05, 0.1) is 18.2 Å². The molecular formula is C22H26FN3O3S. The molecule has 1 N–H and O–H groups in total. The van der Waals surface area contributed by atoms with E-state index in [0.29, 0.717) is 37.5 Å². The molecular weight excluding hydrogens is 405 g/mol. The third kappa shape index (κ3) is 5.05. The number of methoxy groups -OCH3 is 1. The van der Waals surface area contributed by atoms with E-state index in [0.717, 1.165) is 17.9 Å². The third-order valence-electron chi connectivity index (χ3n) is 4.89. The monoisotopic (exact) mass is 431 g/mol. The number of piperazine rings is 1. The number of carbonyl (C=O) groups is 2. The standard InChI is InChI=1S/C22H26FN3O3S/c1-3-14-30-24-16-8-9-18(20(15-16)29-2)22(28)26-12-10-25(11-13-26)21(27)17-6-4-5-7-19(17)23/h4-9,15,24H,3,10-14H2,1-2H3. The number of anilines is 1. The minimum atomic E-state index is -0.531. The minimum absolute atomic E-state index is 0.0583. The summed E-state index contributed by atoms with van der Waals surface area (Å²) in [4.78, 5) is 28.9. The van der Waals surface area contributed by atoms with Crippen LogP contribution >= 0.6 is 11.9 Å². The molecule has 2 aromatic rings. The first-order valence-electron chi connectivity index (χ1n) is 9.94. The largest absolute Gasteiger partial charge is 0.496 e. The molecule has 0 unspecified atom stereocenters. The van der Waals surface area contributed by atoms with E-state index in [4.69, 9.17) is 4.74 Å². The Kier molecular flexibility index (Phi) is 7.57. The first kappa shape index (κ1) is 22.0. The number of amides is 2. The molecule has 0 radical (unpaired) electrons. The van der Waals surface area contributed by atoms with Crippen molar-refractivity contribution in [3.63, 3.8) is 0 Å². The third-order valence-corrected chi connectivity index (χ3v) is 5.88. The number of ether oxygens (including phenoxy) is 1. The number of hydrogen-bond acceptors (Lipinski definition) is 5. The summed E-state index contributed by atoms with van der Waals surface area (Å²) in [5, 5.41) is 0. The van der Waals surface area contributed by atoms with Crippen molar-refractivity contribution in [3.8, 4) is 5.75 Å². The summed E-state index contributed by atoms with van der Waals surface area (Å²) in [6.45, 7) is 3.59. The van der Waals surface area contributed by atoms with Crippen LogP contribution in [0.3, 0.4) is 0 Å². The van der Waals surface area contributed by atoms with Gasteiger partial charge >= 0.3 is 0 Å². The molecule has 30 heavy (non-hydrogen) atoms. The number of halogens is 1. The summed E-state index contributed by atoms with van der Waals surface area (Å²) in [6.07, 6.45) is 1.07. The van der Waals surface area contributed by atoms with E-state index in [1.165, 1.54) is 12.1 Å². The molecule has 2 amide bonds. The molecule has 1 aliphatic rings. The molecule has 0 aliphatic carbocycles. The second kappa shape index (κ2) is 10.3. The fourth-order valence-electron chi connectivity index (χ4n) is 3.26. The molecule has 1 saturated heterocycles. The van der Waals surface area contributed by atoms with Crippen LogP contribution in [-0.4, -0.2) is 60.7 Å². The van der Waals surface area contributed by atoms with Crippen molar-refractivity contribution in [1.82, 2.24) is 9.80 Å². The summed E-state index contributed by atoms with van der Waals surface area (Å²) < 4.78 is 22.6. The van der Waals surface area contributed by atoms with Crippen molar-refractivity contribution >= 4 is 29.4 Å². The number of nitrogens with one attached hydrogen (secondary N) is 1. The van der Waals surface area contributed by atoms with Crippen LogP contribution in [0.25, 0.3) is 0 Å². The van der Waals surface area contributed by atoms with Crippen LogP contribution in [-0.2, 0) is 0 Å². The maximum absolute atomic E-state index is 13.9. The van der Waals surface area contributed by atoms with Crippen molar-refractivity contribution in [2.45, 2.75) is 13.3 Å². The molecule has 160 valence electrons. The zero-order chi connectivity index (χ0) is 21.5. The molecule has 0 atom stereocenters. The van der Waals surface area contributed by atoms with Gasteiger partial charge in [-0.3, -0.25) is 9.59 Å². The predicted molar refractivity (Wildman–Crippen MR) is 118 cm³/mol. The fraction of sp³-hybridized carbons (Fsp3) is 0.364. The average Bonchev–Trinajstić information content (AvgIpc) is 2.78. The van der Waals surface area contributed by atoms with Crippen molar-refractivity contribution < 1.29 is 18.7 Å². The first-order valence-corrected chi connectivity index (χ1v) is 10.9. The lowest BCUT2D eigenvalue weighted by Crippen LogP contribution is -2.50. The SMILES string of the molecule is CCCSNc1ccc(C(=O)N2CCN(C(=O)c3ccccc3F)CC2)c(OC)c1. The predicted octanol–water partition coefficient (Wildman–Crippen LogP) is 3.90. The Morgan fingerprint density at radius 1 is 1.03 bits per heavy atom. The van der Waals surface area contributed by atoms with Gasteiger partial charge in [-0.05, 0) is 30.7 Å². The van der Waals surface area contributed by atoms with Gasteiger partial charge < -0.3 is 19.3 Å². The first-order chi connectivity index (χ1) is 14.5. The van der Waals surface area contributed by atoms with Crippen LogP contribution in [0, 0.1) is 5.82 Å². The highest BCUT2D eigenvalue weighted by Gasteiger charge is 2.28. The molecule has 1 heterocycles. The summed E-state index contributed by atoms with van der Waals surface area (Å²) in [7, 11) is 1.54. The van der Waals surface area contributed by atoms with Crippen molar-refractivity contribution in [3.05, 3.63) is 59.4 Å². The number of hydrogen-bond donors (Lipinski definition) is 1. The molecule has 1 aliphatic heterocycles. The van der Waals surface area contributed by atoms with E-state index >= 15 is 0 Å². The van der Waals surface area contributed by atoms with Gasteiger partial charge in [0, 0.05) is 43.7 Å². The topological polar surface area (TPSA) is 61.9 Å².